The molecule has 2 aromatic rings. The largest absolute Gasteiger partial charge is 0.378 e. The van der Waals surface area contributed by atoms with Crippen LogP contribution >= 0.6 is 11.8 Å². The fourth-order valence-corrected chi connectivity index (χ4v) is 4.17. The van der Waals surface area contributed by atoms with Gasteiger partial charge in [-0.05, 0) is 18.4 Å². The summed E-state index contributed by atoms with van der Waals surface area (Å²) in [7, 11) is 0. The molecule has 0 spiro atoms. The average Bonchev–Trinajstić information content (AvgIpc) is 3.39. The first kappa shape index (κ1) is 15.7. The third kappa shape index (κ3) is 3.35. The number of thioether (sulfide) groups is 1. The molecule has 1 aromatic heterocycles. The number of aromatic nitrogens is 2. The number of imidazole rings is 1. The van der Waals surface area contributed by atoms with Crippen molar-refractivity contribution in [3.8, 4) is 0 Å². The van der Waals surface area contributed by atoms with Crippen molar-refractivity contribution in [2.75, 3.05) is 26.3 Å². The van der Waals surface area contributed by atoms with E-state index in [2.05, 4.69) is 9.55 Å². The Morgan fingerprint density at radius 3 is 2.67 bits per heavy atom. The average molecular weight is 343 g/mol. The van der Waals surface area contributed by atoms with Crippen molar-refractivity contribution < 1.29 is 9.53 Å². The van der Waals surface area contributed by atoms with Gasteiger partial charge in [0.1, 0.15) is 5.25 Å². The van der Waals surface area contributed by atoms with Crippen LogP contribution < -0.4 is 0 Å². The molecule has 126 valence electrons. The monoisotopic (exact) mass is 343 g/mol. The van der Waals surface area contributed by atoms with Crippen molar-refractivity contribution in [1.82, 2.24) is 14.5 Å². The quantitative estimate of drug-likeness (QED) is 0.783. The number of hydrogen-bond acceptors (Lipinski definition) is 4. The van der Waals surface area contributed by atoms with Gasteiger partial charge in [-0.1, -0.05) is 42.1 Å². The van der Waals surface area contributed by atoms with Crippen LogP contribution in [0, 0.1) is 0 Å². The molecule has 1 aromatic carbocycles. The van der Waals surface area contributed by atoms with Crippen LogP contribution in [0.25, 0.3) is 0 Å². The SMILES string of the molecule is O=C([C@H](Sc1nccn1C1CC1)c1ccccc1)N1CCOCC1. The minimum absolute atomic E-state index is 0.153. The van der Waals surface area contributed by atoms with E-state index in [9.17, 15) is 4.79 Å². The Kier molecular flexibility index (Phi) is 4.58. The van der Waals surface area contributed by atoms with Crippen LogP contribution in [0.4, 0.5) is 0 Å². The Hall–Kier alpha value is -1.79. The van der Waals surface area contributed by atoms with Crippen molar-refractivity contribution in [2.24, 2.45) is 0 Å². The maximum absolute atomic E-state index is 13.1. The first-order valence-electron chi connectivity index (χ1n) is 8.44. The second-order valence-electron chi connectivity index (χ2n) is 6.19. The molecule has 1 saturated carbocycles. The first-order valence-corrected chi connectivity index (χ1v) is 9.32. The molecular formula is C18H21N3O2S. The molecule has 2 aliphatic rings. The first-order chi connectivity index (χ1) is 11.8. The summed E-state index contributed by atoms with van der Waals surface area (Å²) in [4.78, 5) is 19.6. The lowest BCUT2D eigenvalue weighted by Gasteiger charge is -2.30. The van der Waals surface area contributed by atoms with Gasteiger partial charge in [0.2, 0.25) is 5.91 Å². The van der Waals surface area contributed by atoms with Crippen LogP contribution in [0.15, 0.2) is 47.9 Å². The van der Waals surface area contributed by atoms with E-state index in [0.29, 0.717) is 32.3 Å². The fourth-order valence-electron chi connectivity index (χ4n) is 2.97. The predicted octanol–water partition coefficient (Wildman–Crippen LogP) is 2.91. The molecule has 1 atom stereocenters. The molecule has 6 heteroatoms. The summed E-state index contributed by atoms with van der Waals surface area (Å²) in [6.45, 7) is 2.57. The second kappa shape index (κ2) is 6.99. The zero-order chi connectivity index (χ0) is 16.4. The molecule has 24 heavy (non-hydrogen) atoms. The summed E-state index contributed by atoms with van der Waals surface area (Å²) < 4.78 is 7.60. The van der Waals surface area contributed by atoms with Crippen molar-refractivity contribution in [1.29, 1.82) is 0 Å². The normalized spacial score (nSPS) is 19.2. The van der Waals surface area contributed by atoms with Crippen molar-refractivity contribution in [3.05, 3.63) is 48.3 Å². The molecule has 1 amide bonds. The van der Waals surface area contributed by atoms with Gasteiger partial charge in [0.25, 0.3) is 0 Å². The highest BCUT2D eigenvalue weighted by Crippen LogP contribution is 2.42. The van der Waals surface area contributed by atoms with E-state index < -0.39 is 0 Å². The topological polar surface area (TPSA) is 47.4 Å². The molecule has 0 N–H and O–H groups in total. The molecular weight excluding hydrogens is 322 g/mol. The highest BCUT2D eigenvalue weighted by atomic mass is 32.2. The summed E-state index contributed by atoms with van der Waals surface area (Å²) in [6, 6.07) is 10.6. The number of benzene rings is 1. The van der Waals surface area contributed by atoms with Gasteiger partial charge in [-0.25, -0.2) is 4.98 Å². The number of nitrogens with zero attached hydrogens (tertiary/aromatic N) is 3. The number of ether oxygens (including phenoxy) is 1. The highest BCUT2D eigenvalue weighted by Gasteiger charge is 2.31. The van der Waals surface area contributed by atoms with Crippen molar-refractivity contribution >= 4 is 17.7 Å². The molecule has 1 aliphatic carbocycles. The third-order valence-electron chi connectivity index (χ3n) is 4.45. The summed E-state index contributed by atoms with van der Waals surface area (Å²) >= 11 is 1.57. The summed E-state index contributed by atoms with van der Waals surface area (Å²) in [6.07, 6.45) is 6.28. The number of amides is 1. The number of morpholine rings is 1. The van der Waals surface area contributed by atoms with Gasteiger partial charge >= 0.3 is 0 Å². The van der Waals surface area contributed by atoms with Crippen LogP contribution in [-0.4, -0.2) is 46.7 Å². The lowest BCUT2D eigenvalue weighted by Crippen LogP contribution is -2.42. The zero-order valence-corrected chi connectivity index (χ0v) is 14.3. The number of carbonyl (C=O) groups excluding carboxylic acids is 1. The van der Waals surface area contributed by atoms with Gasteiger partial charge in [-0.15, -0.1) is 0 Å². The fraction of sp³-hybridized carbons (Fsp3) is 0.444. The van der Waals surface area contributed by atoms with Gasteiger partial charge < -0.3 is 14.2 Å². The van der Waals surface area contributed by atoms with Crippen LogP contribution in [0.3, 0.4) is 0 Å². The standard InChI is InChI=1S/C18H21N3O2S/c22-17(20-10-12-23-13-11-20)16(14-4-2-1-3-5-14)24-18-19-8-9-21(18)15-6-7-15/h1-5,8-9,15-16H,6-7,10-13H2/t16-/m1/s1. The van der Waals surface area contributed by atoms with Gasteiger partial charge in [-0.3, -0.25) is 4.79 Å². The molecule has 1 aliphatic heterocycles. The van der Waals surface area contributed by atoms with Gasteiger partial charge in [0.15, 0.2) is 5.16 Å². The van der Waals surface area contributed by atoms with E-state index >= 15 is 0 Å². The van der Waals surface area contributed by atoms with E-state index in [1.54, 1.807) is 11.8 Å². The van der Waals surface area contributed by atoms with Crippen molar-refractivity contribution in [3.63, 3.8) is 0 Å². The molecule has 4 rings (SSSR count). The van der Waals surface area contributed by atoms with Crippen LogP contribution in [-0.2, 0) is 9.53 Å². The van der Waals surface area contributed by atoms with Crippen molar-refractivity contribution in [2.45, 2.75) is 29.3 Å². The Morgan fingerprint density at radius 1 is 1.21 bits per heavy atom. The molecule has 1 saturated heterocycles. The molecule has 0 bridgehead atoms. The van der Waals surface area contributed by atoms with E-state index in [1.165, 1.54) is 12.8 Å². The Labute approximate surface area is 146 Å². The molecule has 2 heterocycles. The van der Waals surface area contributed by atoms with E-state index in [0.717, 1.165) is 10.7 Å². The molecule has 0 radical (unpaired) electrons. The minimum atomic E-state index is -0.260. The summed E-state index contributed by atoms with van der Waals surface area (Å²) in [5.41, 5.74) is 1.03. The van der Waals surface area contributed by atoms with Crippen LogP contribution in [0.2, 0.25) is 0 Å². The maximum atomic E-state index is 13.1. The minimum Gasteiger partial charge on any atom is -0.378 e. The highest BCUT2D eigenvalue weighted by molar-refractivity contribution is 8.00. The Balaban J connectivity index is 1.60. The summed E-state index contributed by atoms with van der Waals surface area (Å²) in [5.74, 6) is 0.153. The van der Waals surface area contributed by atoms with Gasteiger partial charge in [0.05, 0.1) is 13.2 Å². The predicted molar refractivity (Wildman–Crippen MR) is 92.9 cm³/mol. The van der Waals surface area contributed by atoms with Gasteiger partial charge in [0, 0.05) is 31.5 Å². The maximum Gasteiger partial charge on any atom is 0.240 e. The molecule has 5 nitrogen and oxygen atoms in total. The third-order valence-corrected chi connectivity index (χ3v) is 5.68. The Bertz CT molecular complexity index is 693. The lowest BCUT2D eigenvalue weighted by atomic mass is 10.1. The van der Waals surface area contributed by atoms with E-state index in [4.69, 9.17) is 4.74 Å². The lowest BCUT2D eigenvalue weighted by molar-refractivity contribution is -0.134. The Morgan fingerprint density at radius 2 is 1.96 bits per heavy atom. The summed E-state index contributed by atoms with van der Waals surface area (Å²) in [5, 5.41) is 0.678. The van der Waals surface area contributed by atoms with Crippen LogP contribution in [0.5, 0.6) is 0 Å². The van der Waals surface area contributed by atoms with E-state index in [1.807, 2.05) is 47.6 Å². The smallest absolute Gasteiger partial charge is 0.240 e. The molecule has 2 fully saturated rings. The second-order valence-corrected chi connectivity index (χ2v) is 7.27. The van der Waals surface area contributed by atoms with E-state index in [-0.39, 0.29) is 11.2 Å². The number of hydrogen-bond donors (Lipinski definition) is 0. The molecule has 0 unspecified atom stereocenters. The van der Waals surface area contributed by atoms with Crippen LogP contribution in [0.1, 0.15) is 29.7 Å². The van der Waals surface area contributed by atoms with Gasteiger partial charge in [-0.2, -0.15) is 0 Å². The zero-order valence-electron chi connectivity index (χ0n) is 13.5. The number of rotatable bonds is 5. The number of carbonyl (C=O) groups is 1.